The van der Waals surface area contributed by atoms with Crippen LogP contribution in [0.2, 0.25) is 0 Å². The van der Waals surface area contributed by atoms with Crippen LogP contribution in [0, 0.1) is 6.92 Å². The maximum Gasteiger partial charge on any atom is 0.311 e. The van der Waals surface area contributed by atoms with Crippen LogP contribution in [0.4, 0.5) is 17.1 Å². The van der Waals surface area contributed by atoms with Crippen LogP contribution in [0.15, 0.2) is 65.3 Å². The van der Waals surface area contributed by atoms with E-state index in [1.54, 1.807) is 6.08 Å². The molecule has 1 aliphatic rings. The number of hydrogen-bond acceptors (Lipinski definition) is 6. The Hall–Kier alpha value is -3.06. The molecule has 1 amide bonds. The Bertz CT molecular complexity index is 985. The zero-order chi connectivity index (χ0) is 20.8. The highest BCUT2D eigenvalue weighted by atomic mass is 32.2. The molecule has 0 aromatic heterocycles. The van der Waals surface area contributed by atoms with Gasteiger partial charge in [-0.25, -0.2) is 4.99 Å². The molecule has 6 nitrogen and oxygen atoms in total. The predicted octanol–water partition coefficient (Wildman–Crippen LogP) is 4.66. The smallest absolute Gasteiger partial charge is 0.311 e. The van der Waals surface area contributed by atoms with Crippen molar-refractivity contribution in [3.05, 3.63) is 65.9 Å². The third-order valence-electron chi connectivity index (χ3n) is 4.36. The molecule has 0 saturated heterocycles. The summed E-state index contributed by atoms with van der Waals surface area (Å²) in [6.07, 6.45) is 1.88. The molecule has 3 rings (SSSR count). The van der Waals surface area contributed by atoms with Gasteiger partial charge in [0, 0.05) is 11.4 Å². The Morgan fingerprint density at radius 1 is 1.17 bits per heavy atom. The number of esters is 1. The zero-order valence-electron chi connectivity index (χ0n) is 16.6. The molecular weight excluding hydrogens is 386 g/mol. The number of thioether (sulfide) groups is 1. The van der Waals surface area contributed by atoms with Gasteiger partial charge in [0.25, 0.3) is 0 Å². The summed E-state index contributed by atoms with van der Waals surface area (Å²) in [5.74, 6) is -0.460. The third kappa shape index (κ3) is 5.48. The van der Waals surface area contributed by atoms with E-state index in [2.05, 4.69) is 15.6 Å². The van der Waals surface area contributed by atoms with Crippen LogP contribution in [0.3, 0.4) is 0 Å². The SMILES string of the molecule is COC(=O)CC1=CC(S[C@H](C)C(=O)Nc2ccccc2C)=Nc2ccccc2N1. The van der Waals surface area contributed by atoms with Gasteiger partial charge < -0.3 is 15.4 Å². The number of ether oxygens (including phenoxy) is 1. The number of rotatable bonds is 5. The Morgan fingerprint density at radius 3 is 2.66 bits per heavy atom. The summed E-state index contributed by atoms with van der Waals surface area (Å²) in [7, 11) is 1.36. The van der Waals surface area contributed by atoms with Crippen LogP contribution >= 0.6 is 11.8 Å². The molecule has 1 heterocycles. The molecule has 0 aliphatic carbocycles. The van der Waals surface area contributed by atoms with Crippen LogP contribution in [0.5, 0.6) is 0 Å². The summed E-state index contributed by atoms with van der Waals surface area (Å²) >= 11 is 1.34. The van der Waals surface area contributed by atoms with E-state index in [4.69, 9.17) is 4.74 Å². The van der Waals surface area contributed by atoms with Crippen molar-refractivity contribution >= 4 is 45.7 Å². The molecule has 2 aromatic rings. The quantitative estimate of drug-likeness (QED) is 0.702. The summed E-state index contributed by atoms with van der Waals surface area (Å²) in [5.41, 5.74) is 4.01. The number of para-hydroxylation sites is 3. The molecule has 0 fully saturated rings. The number of nitrogens with one attached hydrogen (secondary N) is 2. The number of carbonyl (C=O) groups excluding carboxylic acids is 2. The van der Waals surface area contributed by atoms with E-state index < -0.39 is 0 Å². The average Bonchev–Trinajstić information content (AvgIpc) is 2.87. The highest BCUT2D eigenvalue weighted by Crippen LogP contribution is 2.32. The number of fused-ring (bicyclic) bond motifs is 1. The lowest BCUT2D eigenvalue weighted by atomic mass is 10.2. The zero-order valence-corrected chi connectivity index (χ0v) is 17.4. The lowest BCUT2D eigenvalue weighted by molar-refractivity contribution is -0.139. The van der Waals surface area contributed by atoms with E-state index in [1.807, 2.05) is 62.4 Å². The number of aliphatic imine (C=N–C) groups is 1. The van der Waals surface area contributed by atoms with Gasteiger partial charge in [-0.2, -0.15) is 0 Å². The van der Waals surface area contributed by atoms with Gasteiger partial charge in [0.05, 0.1) is 35.2 Å². The number of anilines is 2. The van der Waals surface area contributed by atoms with Gasteiger partial charge in [-0.05, 0) is 43.7 Å². The minimum Gasteiger partial charge on any atom is -0.469 e. The highest BCUT2D eigenvalue weighted by molar-refractivity contribution is 8.15. The molecule has 0 radical (unpaired) electrons. The van der Waals surface area contributed by atoms with Crippen molar-refractivity contribution < 1.29 is 14.3 Å². The fraction of sp³-hybridized carbons (Fsp3) is 0.227. The Kier molecular flexibility index (Phi) is 6.72. The van der Waals surface area contributed by atoms with Gasteiger partial charge in [-0.3, -0.25) is 9.59 Å². The maximum atomic E-state index is 12.7. The first kappa shape index (κ1) is 20.7. The first-order chi connectivity index (χ1) is 14.0. The molecule has 0 unspecified atom stereocenters. The van der Waals surface area contributed by atoms with Crippen molar-refractivity contribution in [2.24, 2.45) is 4.99 Å². The van der Waals surface area contributed by atoms with Gasteiger partial charge in [-0.15, -0.1) is 0 Å². The first-order valence-electron chi connectivity index (χ1n) is 9.21. The number of carbonyl (C=O) groups is 2. The maximum absolute atomic E-state index is 12.7. The van der Waals surface area contributed by atoms with Crippen molar-refractivity contribution in [3.63, 3.8) is 0 Å². The molecule has 29 heavy (non-hydrogen) atoms. The fourth-order valence-corrected chi connectivity index (χ4v) is 3.64. The van der Waals surface area contributed by atoms with Gasteiger partial charge in [0.1, 0.15) is 0 Å². The Balaban J connectivity index is 1.80. The van der Waals surface area contributed by atoms with E-state index in [0.717, 1.165) is 22.6 Å². The third-order valence-corrected chi connectivity index (χ3v) is 5.38. The summed E-state index contributed by atoms with van der Waals surface area (Å²) in [4.78, 5) is 29.1. The molecular formula is C22H23N3O3S. The topological polar surface area (TPSA) is 79.8 Å². The normalized spacial score (nSPS) is 13.8. The average molecular weight is 410 g/mol. The van der Waals surface area contributed by atoms with Crippen LogP contribution in [-0.2, 0) is 14.3 Å². The van der Waals surface area contributed by atoms with Crippen LogP contribution < -0.4 is 10.6 Å². The minimum atomic E-state index is -0.380. The largest absolute Gasteiger partial charge is 0.469 e. The molecule has 1 aliphatic heterocycles. The van der Waals surface area contributed by atoms with E-state index in [9.17, 15) is 9.59 Å². The number of amides is 1. The standard InChI is InChI=1S/C22H23N3O3S/c1-14-8-4-5-9-17(14)25-22(27)15(2)29-20-12-16(13-21(26)28-3)23-18-10-6-7-11-19(18)24-20/h4-12,15,23H,13H2,1-3H3,(H,25,27)/t15-/m1/s1. The summed E-state index contributed by atoms with van der Waals surface area (Å²) in [6, 6.07) is 15.2. The molecule has 1 atom stereocenters. The van der Waals surface area contributed by atoms with E-state index >= 15 is 0 Å². The monoisotopic (exact) mass is 409 g/mol. The lowest BCUT2D eigenvalue weighted by Crippen LogP contribution is -2.24. The van der Waals surface area contributed by atoms with Gasteiger partial charge in [-0.1, -0.05) is 42.1 Å². The molecule has 7 heteroatoms. The van der Waals surface area contributed by atoms with Crippen molar-refractivity contribution in [1.82, 2.24) is 0 Å². The van der Waals surface area contributed by atoms with Crippen molar-refractivity contribution in [1.29, 1.82) is 0 Å². The predicted molar refractivity (Wildman–Crippen MR) is 119 cm³/mol. The highest BCUT2D eigenvalue weighted by Gasteiger charge is 2.20. The van der Waals surface area contributed by atoms with E-state index in [-0.39, 0.29) is 23.5 Å². The van der Waals surface area contributed by atoms with Gasteiger partial charge >= 0.3 is 5.97 Å². The van der Waals surface area contributed by atoms with Crippen LogP contribution in [-0.4, -0.2) is 29.3 Å². The molecule has 2 N–H and O–H groups in total. The fourth-order valence-electron chi connectivity index (χ4n) is 2.75. The van der Waals surface area contributed by atoms with Crippen molar-refractivity contribution in [2.75, 3.05) is 17.7 Å². The van der Waals surface area contributed by atoms with Gasteiger partial charge in [0.15, 0.2) is 0 Å². The van der Waals surface area contributed by atoms with Crippen molar-refractivity contribution in [2.45, 2.75) is 25.5 Å². The summed E-state index contributed by atoms with van der Waals surface area (Å²) in [5, 5.41) is 6.46. The van der Waals surface area contributed by atoms with E-state index in [1.165, 1.54) is 18.9 Å². The Labute approximate surface area is 174 Å². The molecule has 0 spiro atoms. The lowest BCUT2D eigenvalue weighted by Gasteiger charge is -2.13. The number of benzene rings is 2. The number of nitrogens with zero attached hydrogens (tertiary/aromatic N) is 1. The van der Waals surface area contributed by atoms with Crippen LogP contribution in [0.1, 0.15) is 18.9 Å². The second-order valence-corrected chi connectivity index (χ2v) is 7.94. The van der Waals surface area contributed by atoms with Crippen molar-refractivity contribution in [3.8, 4) is 0 Å². The molecule has 2 aromatic carbocycles. The summed E-state index contributed by atoms with van der Waals surface area (Å²) in [6.45, 7) is 3.78. The number of aryl methyl sites for hydroxylation is 1. The number of hydrogen-bond donors (Lipinski definition) is 2. The molecule has 0 bridgehead atoms. The van der Waals surface area contributed by atoms with Gasteiger partial charge in [0.2, 0.25) is 5.91 Å². The minimum absolute atomic E-state index is 0.0915. The number of methoxy groups -OCH3 is 1. The Morgan fingerprint density at radius 2 is 1.90 bits per heavy atom. The van der Waals surface area contributed by atoms with E-state index in [0.29, 0.717) is 10.7 Å². The second-order valence-electron chi connectivity index (χ2n) is 6.58. The molecule has 0 saturated carbocycles. The first-order valence-corrected chi connectivity index (χ1v) is 10.1. The molecule has 150 valence electrons. The van der Waals surface area contributed by atoms with Crippen LogP contribution in [0.25, 0.3) is 0 Å². The second kappa shape index (κ2) is 9.43. The summed E-state index contributed by atoms with van der Waals surface area (Å²) < 4.78 is 4.78.